The van der Waals surface area contributed by atoms with Crippen LogP contribution in [0, 0.1) is 0 Å². The van der Waals surface area contributed by atoms with Crippen molar-refractivity contribution in [3.05, 3.63) is 63.6 Å². The fourth-order valence-corrected chi connectivity index (χ4v) is 3.30. The summed E-state index contributed by atoms with van der Waals surface area (Å²) < 4.78 is 0.969. The lowest BCUT2D eigenvalue weighted by atomic mass is 10.2. The number of benzene rings is 2. The predicted molar refractivity (Wildman–Crippen MR) is 107 cm³/mol. The van der Waals surface area contributed by atoms with E-state index in [2.05, 4.69) is 26.1 Å². The smallest absolute Gasteiger partial charge is 0.253 e. The minimum Gasteiger partial charge on any atom is -0.336 e. The summed E-state index contributed by atoms with van der Waals surface area (Å²) in [5.41, 5.74) is 1.37. The van der Waals surface area contributed by atoms with E-state index in [4.69, 9.17) is 11.6 Å². The van der Waals surface area contributed by atoms with E-state index in [0.717, 1.165) is 10.2 Å². The summed E-state index contributed by atoms with van der Waals surface area (Å²) in [5.74, 6) is -0.0756. The molecule has 0 unspecified atom stereocenters. The van der Waals surface area contributed by atoms with E-state index < -0.39 is 0 Å². The van der Waals surface area contributed by atoms with Crippen molar-refractivity contribution in [1.82, 2.24) is 9.80 Å². The Labute approximate surface area is 166 Å². The van der Waals surface area contributed by atoms with Crippen LogP contribution >= 0.6 is 27.5 Å². The average molecular weight is 437 g/mol. The van der Waals surface area contributed by atoms with Gasteiger partial charge in [0.05, 0.1) is 6.54 Å². The fraction of sp³-hybridized carbons (Fsp3) is 0.263. The van der Waals surface area contributed by atoms with Gasteiger partial charge in [0.2, 0.25) is 5.91 Å². The molecule has 26 heavy (non-hydrogen) atoms. The molecule has 2 aromatic rings. The van der Waals surface area contributed by atoms with Crippen LogP contribution in [0.1, 0.15) is 10.4 Å². The minimum atomic E-state index is -0.0538. The Hall–Kier alpha value is -1.89. The van der Waals surface area contributed by atoms with Gasteiger partial charge < -0.3 is 10.2 Å². The second-order valence-electron chi connectivity index (χ2n) is 6.13. The zero-order valence-corrected chi connectivity index (χ0v) is 16.5. The molecule has 0 atom stereocenters. The predicted octanol–water partition coefficient (Wildman–Crippen LogP) is 3.50. The largest absolute Gasteiger partial charge is 0.336 e. The van der Waals surface area contributed by atoms with Gasteiger partial charge in [-0.1, -0.05) is 33.6 Å². The van der Waals surface area contributed by atoms with Gasteiger partial charge in [0.25, 0.3) is 5.91 Å². The molecule has 2 amide bonds. The molecule has 3 rings (SSSR count). The molecule has 5 nitrogen and oxygen atoms in total. The first kappa shape index (κ1) is 18.9. The molecule has 0 spiro atoms. The van der Waals surface area contributed by atoms with E-state index in [0.29, 0.717) is 43.3 Å². The highest BCUT2D eigenvalue weighted by atomic mass is 79.9. The average Bonchev–Trinajstić information content (AvgIpc) is 2.64. The molecular weight excluding hydrogens is 418 g/mol. The monoisotopic (exact) mass is 435 g/mol. The third-order valence-electron chi connectivity index (χ3n) is 4.23. The van der Waals surface area contributed by atoms with Crippen LogP contribution in [0.15, 0.2) is 53.0 Å². The first-order valence-corrected chi connectivity index (χ1v) is 9.51. The summed E-state index contributed by atoms with van der Waals surface area (Å²) in [6.45, 7) is 2.84. The molecule has 1 saturated heterocycles. The number of anilines is 1. The maximum absolute atomic E-state index is 12.5. The number of nitrogens with zero attached hydrogens (tertiary/aromatic N) is 2. The summed E-state index contributed by atoms with van der Waals surface area (Å²) in [7, 11) is 0. The number of hydrogen-bond acceptors (Lipinski definition) is 3. The normalized spacial score (nSPS) is 14.9. The summed E-state index contributed by atoms with van der Waals surface area (Å²) in [4.78, 5) is 28.5. The van der Waals surface area contributed by atoms with Gasteiger partial charge in [-0.25, -0.2) is 0 Å². The molecule has 1 fully saturated rings. The maximum Gasteiger partial charge on any atom is 0.253 e. The maximum atomic E-state index is 12.5. The number of piperazine rings is 1. The van der Waals surface area contributed by atoms with Gasteiger partial charge in [-0.3, -0.25) is 14.5 Å². The molecule has 1 N–H and O–H groups in total. The van der Waals surface area contributed by atoms with Gasteiger partial charge >= 0.3 is 0 Å². The van der Waals surface area contributed by atoms with Gasteiger partial charge in [-0.05, 0) is 42.5 Å². The fourth-order valence-electron chi connectivity index (χ4n) is 2.85. The summed E-state index contributed by atoms with van der Waals surface area (Å²) in [5, 5.41) is 3.44. The highest BCUT2D eigenvalue weighted by Gasteiger charge is 2.23. The van der Waals surface area contributed by atoms with Crippen molar-refractivity contribution >= 4 is 45.0 Å². The quantitative estimate of drug-likeness (QED) is 0.798. The molecule has 0 aliphatic carbocycles. The van der Waals surface area contributed by atoms with Crippen molar-refractivity contribution in [2.45, 2.75) is 0 Å². The highest BCUT2D eigenvalue weighted by Crippen LogP contribution is 2.15. The van der Waals surface area contributed by atoms with Crippen molar-refractivity contribution < 1.29 is 9.59 Å². The Balaban J connectivity index is 1.48. The Morgan fingerprint density at radius 2 is 1.73 bits per heavy atom. The lowest BCUT2D eigenvalue weighted by Crippen LogP contribution is -2.50. The van der Waals surface area contributed by atoms with E-state index >= 15 is 0 Å². The van der Waals surface area contributed by atoms with Crippen LogP contribution in [-0.4, -0.2) is 54.3 Å². The van der Waals surface area contributed by atoms with Gasteiger partial charge in [0, 0.05) is 46.9 Å². The lowest BCUT2D eigenvalue weighted by Gasteiger charge is -2.34. The molecule has 1 heterocycles. The Kier molecular flexibility index (Phi) is 6.29. The van der Waals surface area contributed by atoms with Crippen LogP contribution in [-0.2, 0) is 4.79 Å². The molecule has 1 aliphatic rings. The second-order valence-corrected chi connectivity index (χ2v) is 7.49. The zero-order chi connectivity index (χ0) is 18.5. The molecule has 0 saturated carbocycles. The number of nitrogens with one attached hydrogen (secondary N) is 1. The Bertz CT molecular complexity index is 790. The topological polar surface area (TPSA) is 52.7 Å². The molecule has 7 heteroatoms. The zero-order valence-electron chi connectivity index (χ0n) is 14.1. The Morgan fingerprint density at radius 1 is 1.04 bits per heavy atom. The summed E-state index contributed by atoms with van der Waals surface area (Å²) in [6.07, 6.45) is 0. The standard InChI is InChI=1S/C19H19BrClN3O2/c20-15-4-6-17(7-5-15)22-18(25)13-23-8-10-24(11-9-23)19(26)14-2-1-3-16(21)12-14/h1-7,12H,8-11,13H2,(H,22,25). The number of hydrogen-bond donors (Lipinski definition) is 1. The minimum absolute atomic E-state index is 0.0218. The van der Waals surface area contributed by atoms with E-state index in [1.807, 2.05) is 24.3 Å². The number of carbonyl (C=O) groups excluding carboxylic acids is 2. The molecule has 1 aliphatic heterocycles. The van der Waals surface area contributed by atoms with Crippen molar-refractivity contribution in [3.8, 4) is 0 Å². The van der Waals surface area contributed by atoms with E-state index in [9.17, 15) is 9.59 Å². The molecule has 0 aromatic heterocycles. The Morgan fingerprint density at radius 3 is 2.38 bits per heavy atom. The number of halogens is 2. The number of rotatable bonds is 4. The first-order chi connectivity index (χ1) is 12.5. The van der Waals surface area contributed by atoms with Crippen molar-refractivity contribution in [1.29, 1.82) is 0 Å². The van der Waals surface area contributed by atoms with Crippen LogP contribution in [0.4, 0.5) is 5.69 Å². The van der Waals surface area contributed by atoms with Crippen molar-refractivity contribution in [3.63, 3.8) is 0 Å². The van der Waals surface area contributed by atoms with E-state index in [1.165, 1.54) is 0 Å². The third kappa shape index (κ3) is 5.06. The highest BCUT2D eigenvalue weighted by molar-refractivity contribution is 9.10. The number of amides is 2. The van der Waals surface area contributed by atoms with Crippen LogP contribution in [0.25, 0.3) is 0 Å². The molecule has 2 aromatic carbocycles. The summed E-state index contributed by atoms with van der Waals surface area (Å²) >= 11 is 9.33. The van der Waals surface area contributed by atoms with Crippen molar-refractivity contribution in [2.75, 3.05) is 38.0 Å². The first-order valence-electron chi connectivity index (χ1n) is 8.34. The van der Waals surface area contributed by atoms with Gasteiger partial charge in [-0.15, -0.1) is 0 Å². The van der Waals surface area contributed by atoms with Crippen LogP contribution < -0.4 is 5.32 Å². The molecule has 0 radical (unpaired) electrons. The van der Waals surface area contributed by atoms with Gasteiger partial charge in [-0.2, -0.15) is 0 Å². The molecule has 136 valence electrons. The third-order valence-corrected chi connectivity index (χ3v) is 4.99. The lowest BCUT2D eigenvalue weighted by molar-refractivity contribution is -0.117. The molecule has 0 bridgehead atoms. The number of carbonyl (C=O) groups is 2. The van der Waals surface area contributed by atoms with Crippen LogP contribution in [0.5, 0.6) is 0 Å². The second kappa shape index (κ2) is 8.66. The summed E-state index contributed by atoms with van der Waals surface area (Å²) in [6, 6.07) is 14.4. The van der Waals surface area contributed by atoms with Crippen LogP contribution in [0.2, 0.25) is 5.02 Å². The van der Waals surface area contributed by atoms with Crippen LogP contribution in [0.3, 0.4) is 0 Å². The SMILES string of the molecule is O=C(CN1CCN(C(=O)c2cccc(Cl)c2)CC1)Nc1ccc(Br)cc1. The van der Waals surface area contributed by atoms with E-state index in [1.54, 1.807) is 29.2 Å². The van der Waals surface area contributed by atoms with Gasteiger partial charge in [0.1, 0.15) is 0 Å². The van der Waals surface area contributed by atoms with Crippen molar-refractivity contribution in [2.24, 2.45) is 0 Å². The van der Waals surface area contributed by atoms with Gasteiger partial charge in [0.15, 0.2) is 0 Å². The van der Waals surface area contributed by atoms with E-state index in [-0.39, 0.29) is 11.8 Å². The molecular formula is C19H19BrClN3O2.